The third-order valence-corrected chi connectivity index (χ3v) is 3.77. The van der Waals surface area contributed by atoms with Crippen molar-refractivity contribution in [3.8, 4) is 11.5 Å². The Labute approximate surface area is 122 Å². The summed E-state index contributed by atoms with van der Waals surface area (Å²) >= 11 is 8.94. The lowest BCUT2D eigenvalue weighted by atomic mass is 10.2. The SMILES string of the molecule is CC1(c2ccc(Cl)cn2)Oc2ccc(F)c(Br)c2O1. The summed E-state index contributed by atoms with van der Waals surface area (Å²) in [5.74, 6) is -0.703. The Hall–Kier alpha value is -1.33. The molecule has 2 aromatic rings. The van der Waals surface area contributed by atoms with Crippen LogP contribution in [0.4, 0.5) is 4.39 Å². The average Bonchev–Trinajstić information content (AvgIpc) is 2.74. The van der Waals surface area contributed by atoms with E-state index in [0.717, 1.165) is 0 Å². The molecule has 2 heterocycles. The van der Waals surface area contributed by atoms with E-state index in [4.69, 9.17) is 21.1 Å². The van der Waals surface area contributed by atoms with E-state index < -0.39 is 11.6 Å². The molecule has 0 saturated carbocycles. The number of rotatable bonds is 1. The number of ether oxygens (including phenoxy) is 2. The molecule has 0 fully saturated rings. The van der Waals surface area contributed by atoms with Gasteiger partial charge in [0.2, 0.25) is 0 Å². The van der Waals surface area contributed by atoms with Crippen LogP contribution in [0.1, 0.15) is 12.6 Å². The monoisotopic (exact) mass is 343 g/mol. The first-order chi connectivity index (χ1) is 8.99. The van der Waals surface area contributed by atoms with Crippen LogP contribution in [0.3, 0.4) is 0 Å². The number of halogens is 3. The van der Waals surface area contributed by atoms with Crippen LogP contribution in [0.2, 0.25) is 5.02 Å². The van der Waals surface area contributed by atoms with Crippen molar-refractivity contribution in [2.75, 3.05) is 0 Å². The van der Waals surface area contributed by atoms with Crippen molar-refractivity contribution in [1.29, 1.82) is 0 Å². The predicted molar refractivity (Wildman–Crippen MR) is 72.0 cm³/mol. The summed E-state index contributed by atoms with van der Waals surface area (Å²) in [6.07, 6.45) is 1.51. The van der Waals surface area contributed by atoms with Gasteiger partial charge in [0, 0.05) is 13.1 Å². The number of nitrogens with zero attached hydrogens (tertiary/aromatic N) is 1. The highest BCUT2D eigenvalue weighted by Crippen LogP contribution is 2.48. The van der Waals surface area contributed by atoms with E-state index in [1.54, 1.807) is 19.1 Å². The quantitative estimate of drug-likeness (QED) is 0.774. The molecule has 0 spiro atoms. The highest BCUT2D eigenvalue weighted by Gasteiger charge is 2.41. The fraction of sp³-hybridized carbons (Fsp3) is 0.154. The van der Waals surface area contributed by atoms with E-state index in [1.807, 2.05) is 0 Å². The second kappa shape index (κ2) is 4.35. The first-order valence-corrected chi connectivity index (χ1v) is 6.65. The molecule has 0 radical (unpaired) electrons. The van der Waals surface area contributed by atoms with E-state index in [1.165, 1.54) is 18.3 Å². The maximum Gasteiger partial charge on any atom is 0.292 e. The molecule has 0 N–H and O–H groups in total. The molecule has 0 saturated heterocycles. The van der Waals surface area contributed by atoms with Crippen molar-refractivity contribution in [3.63, 3.8) is 0 Å². The third-order valence-electron chi connectivity index (χ3n) is 2.81. The first-order valence-electron chi connectivity index (χ1n) is 5.48. The zero-order valence-electron chi connectivity index (χ0n) is 9.78. The molecule has 1 aromatic heterocycles. The van der Waals surface area contributed by atoms with E-state index >= 15 is 0 Å². The maximum absolute atomic E-state index is 13.5. The predicted octanol–water partition coefficient (Wildman–Crippen LogP) is 4.28. The fourth-order valence-electron chi connectivity index (χ4n) is 1.86. The number of aromatic nitrogens is 1. The van der Waals surface area contributed by atoms with Crippen LogP contribution in [-0.4, -0.2) is 4.98 Å². The summed E-state index contributed by atoms with van der Waals surface area (Å²) < 4.78 is 25.2. The summed E-state index contributed by atoms with van der Waals surface area (Å²) in [5, 5.41) is 0.523. The van der Waals surface area contributed by atoms with Gasteiger partial charge in [0.1, 0.15) is 11.5 Å². The minimum atomic E-state index is -1.09. The molecule has 98 valence electrons. The number of fused-ring (bicyclic) bond motifs is 1. The molecular formula is C13H8BrClFNO2. The molecule has 3 rings (SSSR count). The third kappa shape index (κ3) is 2.07. The lowest BCUT2D eigenvalue weighted by molar-refractivity contribution is -0.0720. The Morgan fingerprint density at radius 3 is 2.74 bits per heavy atom. The van der Waals surface area contributed by atoms with Crippen molar-refractivity contribution in [2.45, 2.75) is 12.7 Å². The van der Waals surface area contributed by atoms with Crippen LogP contribution in [0, 0.1) is 5.82 Å². The summed E-state index contributed by atoms with van der Waals surface area (Å²) in [6.45, 7) is 1.72. The Bertz CT molecular complexity index is 650. The van der Waals surface area contributed by atoms with Gasteiger partial charge >= 0.3 is 0 Å². The zero-order chi connectivity index (χ0) is 13.6. The molecule has 6 heteroatoms. The molecule has 1 unspecified atom stereocenters. The molecule has 0 bridgehead atoms. The second-order valence-corrected chi connectivity index (χ2v) is 5.43. The van der Waals surface area contributed by atoms with Crippen LogP contribution in [-0.2, 0) is 5.79 Å². The van der Waals surface area contributed by atoms with Gasteiger partial charge in [-0.3, -0.25) is 4.98 Å². The molecular weight excluding hydrogens is 337 g/mol. The number of hydrogen-bond donors (Lipinski definition) is 0. The largest absolute Gasteiger partial charge is 0.443 e. The minimum absolute atomic E-state index is 0.239. The highest BCUT2D eigenvalue weighted by molar-refractivity contribution is 9.10. The molecule has 0 amide bonds. The fourth-order valence-corrected chi connectivity index (χ4v) is 2.38. The van der Waals surface area contributed by atoms with Gasteiger partial charge < -0.3 is 9.47 Å². The van der Waals surface area contributed by atoms with E-state index in [-0.39, 0.29) is 4.47 Å². The van der Waals surface area contributed by atoms with Gasteiger partial charge in [-0.05, 0) is 40.2 Å². The minimum Gasteiger partial charge on any atom is -0.443 e. The van der Waals surface area contributed by atoms with Gasteiger partial charge in [0.15, 0.2) is 11.5 Å². The Balaban J connectivity index is 2.02. The highest BCUT2D eigenvalue weighted by atomic mass is 79.9. The van der Waals surface area contributed by atoms with Gasteiger partial charge in [-0.2, -0.15) is 0 Å². The van der Waals surface area contributed by atoms with Crippen molar-refractivity contribution >= 4 is 27.5 Å². The van der Waals surface area contributed by atoms with E-state index in [0.29, 0.717) is 22.2 Å². The van der Waals surface area contributed by atoms with E-state index in [2.05, 4.69) is 20.9 Å². The number of benzene rings is 1. The molecule has 0 aliphatic carbocycles. The van der Waals surface area contributed by atoms with Gasteiger partial charge in [-0.15, -0.1) is 0 Å². The van der Waals surface area contributed by atoms with Crippen LogP contribution in [0.25, 0.3) is 0 Å². The average molecular weight is 345 g/mol. The van der Waals surface area contributed by atoms with Gasteiger partial charge in [0.05, 0.1) is 9.50 Å². The molecule has 1 aliphatic rings. The molecule has 1 aromatic carbocycles. The van der Waals surface area contributed by atoms with Crippen LogP contribution >= 0.6 is 27.5 Å². The van der Waals surface area contributed by atoms with Crippen LogP contribution in [0.15, 0.2) is 34.9 Å². The Kier molecular flexibility index (Phi) is 2.91. The normalized spacial score (nSPS) is 20.6. The van der Waals surface area contributed by atoms with Crippen molar-refractivity contribution in [2.24, 2.45) is 0 Å². The van der Waals surface area contributed by atoms with Crippen LogP contribution in [0.5, 0.6) is 11.5 Å². The topological polar surface area (TPSA) is 31.4 Å². The molecule has 1 atom stereocenters. The standard InChI is InChI=1S/C13H8BrClFNO2/c1-13(10-5-2-7(15)6-17-10)18-9-4-3-8(16)11(14)12(9)19-13/h2-6H,1H3. The number of hydrogen-bond acceptors (Lipinski definition) is 3. The zero-order valence-corrected chi connectivity index (χ0v) is 12.1. The molecule has 1 aliphatic heterocycles. The summed E-state index contributed by atoms with van der Waals surface area (Å²) in [5.41, 5.74) is 0.556. The summed E-state index contributed by atoms with van der Waals surface area (Å²) in [4.78, 5) is 4.18. The van der Waals surface area contributed by atoms with Crippen molar-refractivity contribution in [1.82, 2.24) is 4.98 Å². The van der Waals surface area contributed by atoms with Gasteiger partial charge in [0.25, 0.3) is 5.79 Å². The van der Waals surface area contributed by atoms with Crippen molar-refractivity contribution in [3.05, 3.63) is 51.5 Å². The van der Waals surface area contributed by atoms with Crippen LogP contribution < -0.4 is 9.47 Å². The first kappa shape index (κ1) is 12.7. The lowest BCUT2D eigenvalue weighted by Crippen LogP contribution is -2.32. The lowest BCUT2D eigenvalue weighted by Gasteiger charge is -2.22. The van der Waals surface area contributed by atoms with Gasteiger partial charge in [-0.1, -0.05) is 11.6 Å². The Morgan fingerprint density at radius 2 is 2.05 bits per heavy atom. The molecule has 19 heavy (non-hydrogen) atoms. The van der Waals surface area contributed by atoms with E-state index in [9.17, 15) is 4.39 Å². The maximum atomic E-state index is 13.5. The second-order valence-electron chi connectivity index (χ2n) is 4.20. The number of pyridine rings is 1. The van der Waals surface area contributed by atoms with Crippen molar-refractivity contribution < 1.29 is 13.9 Å². The molecule has 3 nitrogen and oxygen atoms in total. The van der Waals surface area contributed by atoms with Gasteiger partial charge in [-0.25, -0.2) is 4.39 Å². The smallest absolute Gasteiger partial charge is 0.292 e. The summed E-state index contributed by atoms with van der Waals surface area (Å²) in [7, 11) is 0. The Morgan fingerprint density at radius 1 is 1.26 bits per heavy atom. The summed E-state index contributed by atoms with van der Waals surface area (Å²) in [6, 6.07) is 6.24.